The monoisotopic (exact) mass is 396 g/mol. The highest BCUT2D eigenvalue weighted by Crippen LogP contribution is 2.37. The molecule has 0 N–H and O–H groups in total. The Hall–Kier alpha value is -1.61. The van der Waals surface area contributed by atoms with Crippen LogP contribution in [0.5, 0.6) is 0 Å². The second-order valence-electron chi connectivity index (χ2n) is 7.25. The zero-order valence-electron chi connectivity index (χ0n) is 14.2. The number of carbonyl (C=O) groups excluding carboxylic acids is 1. The highest BCUT2D eigenvalue weighted by Gasteiger charge is 2.38. The van der Waals surface area contributed by atoms with Crippen LogP contribution in [-0.2, 0) is 11.2 Å². The number of rotatable bonds is 2. The largest absolute Gasteiger partial charge is 0.444 e. The number of nitrogens with zero attached hydrogens (tertiary/aromatic N) is 2. The van der Waals surface area contributed by atoms with E-state index in [2.05, 4.69) is 22.0 Å². The molecule has 0 aliphatic carbocycles. The summed E-state index contributed by atoms with van der Waals surface area (Å²) < 4.78 is 19.5. The average molecular weight is 397 g/mol. The van der Waals surface area contributed by atoms with Gasteiger partial charge in [0.25, 0.3) is 0 Å². The molecular weight excluding hydrogens is 375 g/mol. The van der Waals surface area contributed by atoms with E-state index in [4.69, 9.17) is 4.74 Å². The molecule has 0 unspecified atom stereocenters. The molecular formula is C18H22BrFN2O2. The molecule has 1 aliphatic heterocycles. The third-order valence-electron chi connectivity index (χ3n) is 4.17. The Bertz CT molecular complexity index is 656. The van der Waals surface area contributed by atoms with Crippen LogP contribution in [0.1, 0.15) is 39.2 Å². The van der Waals surface area contributed by atoms with Crippen LogP contribution in [0, 0.1) is 22.6 Å². The smallest absolute Gasteiger partial charge is 0.410 e. The molecule has 1 aromatic rings. The van der Waals surface area contributed by atoms with Crippen molar-refractivity contribution in [1.29, 1.82) is 5.26 Å². The third-order valence-corrected chi connectivity index (χ3v) is 5.06. The Morgan fingerprint density at radius 1 is 1.42 bits per heavy atom. The summed E-state index contributed by atoms with van der Waals surface area (Å²) in [6.07, 6.45) is 1.21. The molecule has 1 aliphatic rings. The maximum absolute atomic E-state index is 13.7. The molecule has 0 aromatic heterocycles. The number of likely N-dealkylation sites (tertiary alicyclic amines) is 1. The van der Waals surface area contributed by atoms with Crippen LogP contribution >= 0.6 is 15.9 Å². The van der Waals surface area contributed by atoms with Gasteiger partial charge >= 0.3 is 6.09 Å². The van der Waals surface area contributed by atoms with Crippen LogP contribution in [0.3, 0.4) is 0 Å². The van der Waals surface area contributed by atoms with Gasteiger partial charge < -0.3 is 9.64 Å². The molecule has 1 saturated heterocycles. The first-order valence-electron chi connectivity index (χ1n) is 7.98. The van der Waals surface area contributed by atoms with Crippen molar-refractivity contribution in [1.82, 2.24) is 4.90 Å². The number of hydrogen-bond donors (Lipinski definition) is 0. The molecule has 0 atom stereocenters. The Balaban J connectivity index is 2.05. The fourth-order valence-electron chi connectivity index (χ4n) is 2.82. The highest BCUT2D eigenvalue weighted by atomic mass is 79.9. The molecule has 1 aromatic carbocycles. The molecule has 130 valence electrons. The fraction of sp³-hybridized carbons (Fsp3) is 0.556. The molecule has 0 bridgehead atoms. The second-order valence-corrected chi connectivity index (χ2v) is 8.04. The van der Waals surface area contributed by atoms with Gasteiger partial charge in [0.2, 0.25) is 0 Å². The highest BCUT2D eigenvalue weighted by molar-refractivity contribution is 9.10. The minimum atomic E-state index is -0.588. The van der Waals surface area contributed by atoms with E-state index in [1.165, 1.54) is 6.07 Å². The van der Waals surface area contributed by atoms with Crippen molar-refractivity contribution < 1.29 is 13.9 Å². The molecule has 0 radical (unpaired) electrons. The number of amides is 1. The topological polar surface area (TPSA) is 53.3 Å². The van der Waals surface area contributed by atoms with E-state index in [9.17, 15) is 14.4 Å². The van der Waals surface area contributed by atoms with E-state index in [1.807, 2.05) is 26.8 Å². The number of carbonyl (C=O) groups is 1. The van der Waals surface area contributed by atoms with E-state index in [0.29, 0.717) is 36.8 Å². The van der Waals surface area contributed by atoms with Crippen molar-refractivity contribution in [2.75, 3.05) is 13.1 Å². The van der Waals surface area contributed by atoms with Crippen LogP contribution < -0.4 is 0 Å². The molecule has 1 fully saturated rings. The summed E-state index contributed by atoms with van der Waals surface area (Å²) in [7, 11) is 0. The zero-order chi connectivity index (χ0) is 18.0. The summed E-state index contributed by atoms with van der Waals surface area (Å²) in [5, 5.41) is 9.68. The van der Waals surface area contributed by atoms with E-state index in [-0.39, 0.29) is 11.9 Å². The Morgan fingerprint density at radius 2 is 2.04 bits per heavy atom. The predicted octanol–water partition coefficient (Wildman–Crippen LogP) is 4.67. The molecule has 24 heavy (non-hydrogen) atoms. The van der Waals surface area contributed by atoms with E-state index in [1.54, 1.807) is 11.0 Å². The lowest BCUT2D eigenvalue weighted by molar-refractivity contribution is 0.0148. The number of halogens is 2. The van der Waals surface area contributed by atoms with Gasteiger partial charge in [-0.15, -0.1) is 0 Å². The molecule has 1 heterocycles. The predicted molar refractivity (Wildman–Crippen MR) is 92.9 cm³/mol. The first-order valence-corrected chi connectivity index (χ1v) is 8.77. The van der Waals surface area contributed by atoms with Crippen LogP contribution in [0.25, 0.3) is 0 Å². The maximum Gasteiger partial charge on any atom is 0.410 e. The number of nitriles is 1. The molecule has 4 nitrogen and oxygen atoms in total. The number of benzene rings is 1. The molecule has 6 heteroatoms. The summed E-state index contributed by atoms with van der Waals surface area (Å²) in [6.45, 7) is 6.42. The van der Waals surface area contributed by atoms with Crippen LogP contribution in [0.4, 0.5) is 9.18 Å². The Labute approximate surface area is 150 Å². The maximum atomic E-state index is 13.7. The second kappa shape index (κ2) is 7.10. The van der Waals surface area contributed by atoms with Gasteiger partial charge in [0.1, 0.15) is 11.4 Å². The Morgan fingerprint density at radius 3 is 2.58 bits per heavy atom. The van der Waals surface area contributed by atoms with Gasteiger partial charge in [-0.1, -0.05) is 12.1 Å². The first-order chi connectivity index (χ1) is 11.2. The third kappa shape index (κ3) is 4.47. The Kier molecular flexibility index (Phi) is 5.54. The summed E-state index contributed by atoms with van der Waals surface area (Å²) in [5.74, 6) is -0.327. The molecule has 1 amide bonds. The van der Waals surface area contributed by atoms with Crippen molar-refractivity contribution >= 4 is 22.0 Å². The molecule has 2 rings (SSSR count). The van der Waals surface area contributed by atoms with Crippen molar-refractivity contribution in [3.63, 3.8) is 0 Å². The lowest BCUT2D eigenvalue weighted by atomic mass is 9.75. The first kappa shape index (κ1) is 18.7. The van der Waals surface area contributed by atoms with E-state index < -0.39 is 11.0 Å². The molecule has 0 saturated carbocycles. The van der Waals surface area contributed by atoms with Gasteiger partial charge in [0, 0.05) is 13.1 Å². The van der Waals surface area contributed by atoms with Gasteiger partial charge in [-0.05, 0) is 67.6 Å². The van der Waals surface area contributed by atoms with Gasteiger partial charge in [-0.25, -0.2) is 9.18 Å². The zero-order valence-corrected chi connectivity index (χ0v) is 15.8. The van der Waals surface area contributed by atoms with Crippen molar-refractivity contribution in [2.24, 2.45) is 5.41 Å². The van der Waals surface area contributed by atoms with Gasteiger partial charge in [-0.3, -0.25) is 0 Å². The van der Waals surface area contributed by atoms with Gasteiger partial charge in [-0.2, -0.15) is 5.26 Å². The minimum absolute atomic E-state index is 0.327. The van der Waals surface area contributed by atoms with Crippen LogP contribution in [-0.4, -0.2) is 29.7 Å². The SMILES string of the molecule is CC(C)(C)OC(=O)N1CCC(C#N)(Cc2cccc(F)c2Br)CC1. The number of hydrogen-bond acceptors (Lipinski definition) is 3. The van der Waals surface area contributed by atoms with Gasteiger partial charge in [0.05, 0.1) is 16.0 Å². The standard InChI is InChI=1S/C18H22BrFN2O2/c1-17(2,3)24-16(23)22-9-7-18(12-21,8-10-22)11-13-5-4-6-14(20)15(13)19/h4-6H,7-11H2,1-3H3. The van der Waals surface area contributed by atoms with Crippen LogP contribution in [0.2, 0.25) is 0 Å². The quantitative estimate of drug-likeness (QED) is 0.729. The van der Waals surface area contributed by atoms with E-state index in [0.717, 1.165) is 5.56 Å². The number of piperidine rings is 1. The van der Waals surface area contributed by atoms with Gasteiger partial charge in [0.15, 0.2) is 0 Å². The molecule has 0 spiro atoms. The summed E-state index contributed by atoms with van der Waals surface area (Å²) in [5.41, 5.74) is -0.343. The van der Waals surface area contributed by atoms with E-state index >= 15 is 0 Å². The fourth-order valence-corrected chi connectivity index (χ4v) is 3.23. The summed E-state index contributed by atoms with van der Waals surface area (Å²) >= 11 is 3.26. The average Bonchev–Trinajstić information content (AvgIpc) is 2.51. The normalized spacial score (nSPS) is 17.2. The minimum Gasteiger partial charge on any atom is -0.444 e. The lowest BCUT2D eigenvalue weighted by Crippen LogP contribution is -2.45. The number of ether oxygens (including phenoxy) is 1. The van der Waals surface area contributed by atoms with Crippen molar-refractivity contribution in [3.8, 4) is 6.07 Å². The summed E-state index contributed by atoms with van der Waals surface area (Å²) in [6, 6.07) is 7.26. The van der Waals surface area contributed by atoms with Crippen LogP contribution in [0.15, 0.2) is 22.7 Å². The summed E-state index contributed by atoms with van der Waals surface area (Å²) in [4.78, 5) is 13.8. The van der Waals surface area contributed by atoms with Crippen molar-refractivity contribution in [3.05, 3.63) is 34.1 Å². The lowest BCUT2D eigenvalue weighted by Gasteiger charge is -2.38. The van der Waals surface area contributed by atoms with Crippen molar-refractivity contribution in [2.45, 2.75) is 45.6 Å².